The van der Waals surface area contributed by atoms with Crippen LogP contribution < -0.4 is 10.1 Å². The fourth-order valence-corrected chi connectivity index (χ4v) is 5.46. The highest BCUT2D eigenvalue weighted by atomic mass is 32.2. The number of ether oxygens (including phenoxy) is 1. The van der Waals surface area contributed by atoms with Crippen LogP contribution in [0, 0.1) is 5.92 Å². The molecule has 2 nitrogen and oxygen atoms in total. The fraction of sp³-hybridized carbons (Fsp3) is 0.280. The van der Waals surface area contributed by atoms with E-state index in [1.54, 1.807) is 0 Å². The van der Waals surface area contributed by atoms with Crippen LogP contribution in [0.5, 0.6) is 5.75 Å². The summed E-state index contributed by atoms with van der Waals surface area (Å²) in [7, 11) is 0. The van der Waals surface area contributed by atoms with Crippen LogP contribution in [0.3, 0.4) is 0 Å². The van der Waals surface area contributed by atoms with E-state index < -0.39 is 0 Å². The molecule has 140 valence electrons. The van der Waals surface area contributed by atoms with Crippen molar-refractivity contribution in [1.82, 2.24) is 0 Å². The van der Waals surface area contributed by atoms with Crippen molar-refractivity contribution >= 4 is 28.2 Å². The van der Waals surface area contributed by atoms with E-state index in [1.165, 1.54) is 27.6 Å². The molecule has 0 amide bonds. The molecule has 3 aromatic rings. The predicted molar refractivity (Wildman–Crippen MR) is 118 cm³/mol. The summed E-state index contributed by atoms with van der Waals surface area (Å²) in [6, 6.07) is 22.4. The van der Waals surface area contributed by atoms with Gasteiger partial charge in [0, 0.05) is 28.5 Å². The van der Waals surface area contributed by atoms with E-state index in [4.69, 9.17) is 4.74 Å². The zero-order valence-electron chi connectivity index (χ0n) is 15.7. The minimum absolute atomic E-state index is 0.326. The van der Waals surface area contributed by atoms with Gasteiger partial charge in [0.25, 0.3) is 0 Å². The molecule has 0 spiro atoms. The monoisotopic (exact) mass is 385 g/mol. The van der Waals surface area contributed by atoms with Crippen LogP contribution in [-0.4, -0.2) is 17.6 Å². The molecule has 1 N–H and O–H groups in total. The van der Waals surface area contributed by atoms with Gasteiger partial charge in [0.15, 0.2) is 0 Å². The zero-order chi connectivity index (χ0) is 18.5. The van der Waals surface area contributed by atoms with E-state index in [-0.39, 0.29) is 0 Å². The molecule has 2 heterocycles. The first-order valence-corrected chi connectivity index (χ1v) is 11.3. The van der Waals surface area contributed by atoms with Gasteiger partial charge < -0.3 is 10.1 Å². The van der Waals surface area contributed by atoms with Crippen LogP contribution in [0.1, 0.15) is 29.5 Å². The van der Waals surface area contributed by atoms with Crippen molar-refractivity contribution in [2.45, 2.75) is 24.5 Å². The Hall–Kier alpha value is -2.39. The SMILES string of the molecule is C1=C[C@H]2c3ccc4ccccc4c3N[C@H](c3ccc(OC4CSC4)cc3)[C@H]2C1. The number of hydrogen-bond donors (Lipinski definition) is 1. The average molecular weight is 386 g/mol. The van der Waals surface area contributed by atoms with Crippen molar-refractivity contribution in [3.05, 3.63) is 83.9 Å². The summed E-state index contributed by atoms with van der Waals surface area (Å²) in [5.41, 5.74) is 4.10. The Labute approximate surface area is 170 Å². The van der Waals surface area contributed by atoms with Crippen molar-refractivity contribution in [2.75, 3.05) is 16.8 Å². The summed E-state index contributed by atoms with van der Waals surface area (Å²) < 4.78 is 6.04. The minimum atomic E-state index is 0.326. The highest BCUT2D eigenvalue weighted by molar-refractivity contribution is 8.00. The van der Waals surface area contributed by atoms with Crippen molar-refractivity contribution < 1.29 is 4.74 Å². The van der Waals surface area contributed by atoms with Crippen LogP contribution in [0.4, 0.5) is 5.69 Å². The second-order valence-corrected chi connectivity index (χ2v) is 9.15. The Morgan fingerprint density at radius 3 is 2.61 bits per heavy atom. The van der Waals surface area contributed by atoms with Crippen LogP contribution in [0.15, 0.2) is 72.8 Å². The summed E-state index contributed by atoms with van der Waals surface area (Å²) >= 11 is 1.95. The highest BCUT2D eigenvalue weighted by Crippen LogP contribution is 2.51. The molecule has 0 unspecified atom stereocenters. The lowest BCUT2D eigenvalue weighted by Gasteiger charge is -2.38. The summed E-state index contributed by atoms with van der Waals surface area (Å²) in [5.74, 6) is 4.30. The van der Waals surface area contributed by atoms with Crippen molar-refractivity contribution in [3.8, 4) is 5.75 Å². The van der Waals surface area contributed by atoms with E-state index in [9.17, 15) is 0 Å². The molecule has 1 saturated heterocycles. The molecule has 2 aliphatic heterocycles. The van der Waals surface area contributed by atoms with Crippen molar-refractivity contribution in [2.24, 2.45) is 5.92 Å². The number of fused-ring (bicyclic) bond motifs is 5. The molecule has 28 heavy (non-hydrogen) atoms. The molecule has 1 aliphatic carbocycles. The van der Waals surface area contributed by atoms with E-state index in [1.807, 2.05) is 11.8 Å². The van der Waals surface area contributed by atoms with Crippen LogP contribution in [0.25, 0.3) is 10.8 Å². The Balaban J connectivity index is 1.37. The van der Waals surface area contributed by atoms with Gasteiger partial charge in [0.1, 0.15) is 11.9 Å². The molecule has 3 heteroatoms. The maximum atomic E-state index is 6.04. The summed E-state index contributed by atoms with van der Waals surface area (Å²) in [6.07, 6.45) is 6.30. The van der Waals surface area contributed by atoms with Gasteiger partial charge in [-0.3, -0.25) is 0 Å². The Morgan fingerprint density at radius 2 is 1.79 bits per heavy atom. The van der Waals surface area contributed by atoms with Gasteiger partial charge in [-0.1, -0.05) is 60.7 Å². The lowest BCUT2D eigenvalue weighted by atomic mass is 9.76. The number of thioether (sulfide) groups is 1. The largest absolute Gasteiger partial charge is 0.489 e. The van der Waals surface area contributed by atoms with E-state index in [2.05, 4.69) is 78.1 Å². The van der Waals surface area contributed by atoms with Gasteiger partial charge in [0.2, 0.25) is 0 Å². The van der Waals surface area contributed by atoms with Gasteiger partial charge in [-0.25, -0.2) is 0 Å². The third-order valence-corrected chi connectivity index (χ3v) is 7.63. The fourth-order valence-electron chi connectivity index (χ4n) is 4.90. The molecular formula is C25H23NOS. The summed E-state index contributed by atoms with van der Waals surface area (Å²) in [4.78, 5) is 0. The van der Waals surface area contributed by atoms with Crippen molar-refractivity contribution in [1.29, 1.82) is 0 Å². The number of allylic oxidation sites excluding steroid dienone is 2. The molecule has 0 radical (unpaired) electrons. The molecule has 0 bridgehead atoms. The van der Waals surface area contributed by atoms with E-state index in [0.717, 1.165) is 23.7 Å². The molecule has 3 aliphatic rings. The Kier molecular flexibility index (Phi) is 3.90. The lowest BCUT2D eigenvalue weighted by molar-refractivity contribution is 0.240. The molecular weight excluding hydrogens is 362 g/mol. The molecule has 0 saturated carbocycles. The number of nitrogens with one attached hydrogen (secondary N) is 1. The first-order chi connectivity index (χ1) is 13.9. The number of rotatable bonds is 3. The van der Waals surface area contributed by atoms with E-state index in [0.29, 0.717) is 24.0 Å². The van der Waals surface area contributed by atoms with Gasteiger partial charge >= 0.3 is 0 Å². The normalized spacial score (nSPS) is 25.6. The maximum Gasteiger partial charge on any atom is 0.119 e. The van der Waals surface area contributed by atoms with E-state index >= 15 is 0 Å². The quantitative estimate of drug-likeness (QED) is 0.546. The Bertz CT molecular complexity index is 1050. The van der Waals surface area contributed by atoms with Gasteiger partial charge in [-0.05, 0) is 41.0 Å². The first-order valence-electron chi connectivity index (χ1n) is 10.2. The third kappa shape index (κ3) is 2.64. The lowest BCUT2D eigenvalue weighted by Crippen LogP contribution is -2.31. The molecule has 3 aromatic carbocycles. The number of anilines is 1. The second-order valence-electron chi connectivity index (χ2n) is 8.07. The topological polar surface area (TPSA) is 21.3 Å². The third-order valence-electron chi connectivity index (χ3n) is 6.41. The predicted octanol–water partition coefficient (Wildman–Crippen LogP) is 6.16. The molecule has 3 atom stereocenters. The van der Waals surface area contributed by atoms with Crippen molar-refractivity contribution in [3.63, 3.8) is 0 Å². The van der Waals surface area contributed by atoms with Crippen LogP contribution >= 0.6 is 11.8 Å². The van der Waals surface area contributed by atoms with Gasteiger partial charge in [0.05, 0.1) is 6.04 Å². The maximum absolute atomic E-state index is 6.04. The highest BCUT2D eigenvalue weighted by Gasteiger charge is 2.38. The minimum Gasteiger partial charge on any atom is -0.489 e. The molecule has 6 rings (SSSR count). The van der Waals surface area contributed by atoms with Crippen LogP contribution in [-0.2, 0) is 0 Å². The standard InChI is InChI=1S/C25H23NOS/c1-2-5-20-16(4-1)10-13-23-21-6-3-7-22(21)24(26-25(20)23)17-8-11-18(12-9-17)27-19-14-28-15-19/h1-6,8-13,19,21-22,24,26H,7,14-15H2/t21-,22+,24-/m1/s1. The van der Waals surface area contributed by atoms with Gasteiger partial charge in [-0.2, -0.15) is 11.8 Å². The Morgan fingerprint density at radius 1 is 0.929 bits per heavy atom. The first kappa shape index (κ1) is 16.6. The number of benzene rings is 3. The van der Waals surface area contributed by atoms with Crippen LogP contribution in [0.2, 0.25) is 0 Å². The summed E-state index contributed by atoms with van der Waals surface area (Å²) in [6.45, 7) is 0. The molecule has 0 aromatic heterocycles. The summed E-state index contributed by atoms with van der Waals surface area (Å²) in [5, 5.41) is 6.55. The second kappa shape index (κ2) is 6.59. The zero-order valence-corrected chi connectivity index (χ0v) is 16.5. The smallest absolute Gasteiger partial charge is 0.119 e. The number of hydrogen-bond acceptors (Lipinski definition) is 3. The molecule has 1 fully saturated rings. The average Bonchev–Trinajstić information content (AvgIpc) is 3.20. The van der Waals surface area contributed by atoms with Gasteiger partial charge in [-0.15, -0.1) is 0 Å².